The molecule has 1 aliphatic carbocycles. The number of nitrogens with zero attached hydrogens (tertiary/aromatic N) is 1. The van der Waals surface area contributed by atoms with E-state index in [1.165, 1.54) is 70.9 Å². The molecule has 0 bridgehead atoms. The molecule has 2 nitrogen and oxygen atoms in total. The van der Waals surface area contributed by atoms with Crippen LogP contribution in [0.5, 0.6) is 0 Å². The summed E-state index contributed by atoms with van der Waals surface area (Å²) in [5.41, 5.74) is 0.505. The molecule has 0 aromatic heterocycles. The van der Waals surface area contributed by atoms with Crippen LogP contribution in [0.25, 0.3) is 0 Å². The maximum absolute atomic E-state index is 3.64. The minimum absolute atomic E-state index is 0.505. The predicted octanol–water partition coefficient (Wildman–Crippen LogP) is 3.17. The summed E-state index contributed by atoms with van der Waals surface area (Å²) in [6, 6.07) is 0.716. The zero-order valence-electron chi connectivity index (χ0n) is 11.8. The van der Waals surface area contributed by atoms with Crippen molar-refractivity contribution in [1.82, 2.24) is 10.2 Å². The molecule has 1 atom stereocenters. The lowest BCUT2D eigenvalue weighted by Gasteiger charge is -2.48. The lowest BCUT2D eigenvalue weighted by atomic mass is 9.82. The number of hydrogen-bond acceptors (Lipinski definition) is 2. The summed E-state index contributed by atoms with van der Waals surface area (Å²) in [6.45, 7) is 5.02. The first kappa shape index (κ1) is 13.4. The van der Waals surface area contributed by atoms with Gasteiger partial charge >= 0.3 is 0 Å². The van der Waals surface area contributed by atoms with E-state index in [0.29, 0.717) is 11.6 Å². The Morgan fingerprint density at radius 3 is 2.24 bits per heavy atom. The van der Waals surface area contributed by atoms with Gasteiger partial charge < -0.3 is 5.32 Å². The van der Waals surface area contributed by atoms with Crippen LogP contribution in [0.2, 0.25) is 0 Å². The average Bonchev–Trinajstić information content (AvgIpc) is 2.87. The number of hydrogen-bond donors (Lipinski definition) is 1. The fourth-order valence-corrected chi connectivity index (χ4v) is 4.18. The van der Waals surface area contributed by atoms with E-state index in [1.54, 1.807) is 0 Å². The summed E-state index contributed by atoms with van der Waals surface area (Å²) in [7, 11) is 2.17. The van der Waals surface area contributed by atoms with Crippen molar-refractivity contribution >= 4 is 0 Å². The minimum atomic E-state index is 0.505. The van der Waals surface area contributed by atoms with Gasteiger partial charge in [-0.15, -0.1) is 0 Å². The van der Waals surface area contributed by atoms with Gasteiger partial charge in [0.2, 0.25) is 0 Å². The summed E-state index contributed by atoms with van der Waals surface area (Å²) in [5.74, 6) is 0. The van der Waals surface area contributed by atoms with Crippen LogP contribution < -0.4 is 5.32 Å². The molecule has 100 valence electrons. The molecule has 2 aliphatic rings. The Hall–Kier alpha value is -0.0800. The summed E-state index contributed by atoms with van der Waals surface area (Å²) < 4.78 is 0. The van der Waals surface area contributed by atoms with Crippen molar-refractivity contribution in [3.63, 3.8) is 0 Å². The van der Waals surface area contributed by atoms with Gasteiger partial charge in [-0.2, -0.15) is 0 Å². The monoisotopic (exact) mass is 238 g/mol. The van der Waals surface area contributed by atoms with E-state index in [1.807, 2.05) is 0 Å². The van der Waals surface area contributed by atoms with E-state index in [4.69, 9.17) is 0 Å². The van der Waals surface area contributed by atoms with Gasteiger partial charge in [-0.25, -0.2) is 0 Å². The third kappa shape index (κ3) is 2.68. The summed E-state index contributed by atoms with van der Waals surface area (Å²) in [5, 5.41) is 3.64. The summed E-state index contributed by atoms with van der Waals surface area (Å²) >= 11 is 0. The second-order valence-electron chi connectivity index (χ2n) is 5.99. The van der Waals surface area contributed by atoms with Gasteiger partial charge in [0.1, 0.15) is 0 Å². The van der Waals surface area contributed by atoms with E-state index in [0.717, 1.165) is 0 Å². The van der Waals surface area contributed by atoms with Crippen molar-refractivity contribution in [2.24, 2.45) is 0 Å². The third-order valence-corrected chi connectivity index (χ3v) is 5.03. The molecule has 0 amide bonds. The Morgan fingerprint density at radius 1 is 1.06 bits per heavy atom. The molecule has 1 aliphatic heterocycles. The van der Waals surface area contributed by atoms with Crippen LogP contribution in [0.4, 0.5) is 0 Å². The molecule has 0 aromatic rings. The summed E-state index contributed by atoms with van der Waals surface area (Å²) in [4.78, 5) is 2.85. The Bertz CT molecular complexity index is 208. The largest absolute Gasteiger partial charge is 0.315 e. The van der Waals surface area contributed by atoms with Gasteiger partial charge in [-0.1, -0.05) is 32.6 Å². The molecule has 1 saturated heterocycles. The number of rotatable bonds is 5. The lowest BCUT2D eigenvalue weighted by Crippen LogP contribution is -2.60. The van der Waals surface area contributed by atoms with Crippen LogP contribution in [0.1, 0.15) is 64.7 Å². The van der Waals surface area contributed by atoms with Crippen molar-refractivity contribution < 1.29 is 0 Å². The molecule has 1 heterocycles. The van der Waals surface area contributed by atoms with Crippen LogP contribution in [0.3, 0.4) is 0 Å². The van der Waals surface area contributed by atoms with Crippen molar-refractivity contribution in [3.8, 4) is 0 Å². The van der Waals surface area contributed by atoms with Crippen molar-refractivity contribution in [2.45, 2.75) is 76.3 Å². The number of nitrogens with one attached hydrogen (secondary N) is 1. The molecule has 0 aromatic carbocycles. The molecule has 0 spiro atoms. The van der Waals surface area contributed by atoms with E-state index in [-0.39, 0.29) is 0 Å². The molecule has 2 fully saturated rings. The van der Waals surface area contributed by atoms with Crippen molar-refractivity contribution in [3.05, 3.63) is 0 Å². The SMILES string of the molecule is CCCC(NC)C1(N2CCCCC2)CCCC1. The quantitative estimate of drug-likeness (QED) is 0.791. The Balaban J connectivity index is 2.11. The smallest absolute Gasteiger partial charge is 0.0362 e. The second-order valence-corrected chi connectivity index (χ2v) is 5.99. The molecule has 1 N–H and O–H groups in total. The summed E-state index contributed by atoms with van der Waals surface area (Å²) in [6.07, 6.45) is 12.7. The lowest BCUT2D eigenvalue weighted by molar-refractivity contribution is 0.0360. The minimum Gasteiger partial charge on any atom is -0.315 e. The molecule has 1 unspecified atom stereocenters. The van der Waals surface area contributed by atoms with Crippen LogP contribution in [0.15, 0.2) is 0 Å². The maximum atomic E-state index is 3.64. The predicted molar refractivity (Wildman–Crippen MR) is 74.4 cm³/mol. The first-order valence-electron chi connectivity index (χ1n) is 7.76. The van der Waals surface area contributed by atoms with E-state index in [9.17, 15) is 0 Å². The highest BCUT2D eigenvalue weighted by atomic mass is 15.2. The van der Waals surface area contributed by atoms with Crippen LogP contribution in [-0.4, -0.2) is 36.6 Å². The standard InChI is InChI=1S/C15H30N2/c1-3-9-14(16-2)15(10-5-6-11-15)17-12-7-4-8-13-17/h14,16H,3-13H2,1-2H3. The van der Waals surface area contributed by atoms with Gasteiger partial charge in [0.15, 0.2) is 0 Å². The highest BCUT2D eigenvalue weighted by Gasteiger charge is 2.44. The first-order chi connectivity index (χ1) is 8.33. The van der Waals surface area contributed by atoms with Gasteiger partial charge in [-0.05, 0) is 52.2 Å². The molecule has 2 heteroatoms. The number of piperidine rings is 1. The molecular weight excluding hydrogens is 208 g/mol. The Labute approximate surface area is 107 Å². The van der Waals surface area contributed by atoms with Crippen LogP contribution >= 0.6 is 0 Å². The second kappa shape index (κ2) is 6.19. The van der Waals surface area contributed by atoms with Gasteiger partial charge in [0.25, 0.3) is 0 Å². The average molecular weight is 238 g/mol. The molecule has 0 radical (unpaired) electrons. The van der Waals surface area contributed by atoms with E-state index >= 15 is 0 Å². The molecular formula is C15H30N2. The maximum Gasteiger partial charge on any atom is 0.0362 e. The van der Waals surface area contributed by atoms with Crippen LogP contribution in [-0.2, 0) is 0 Å². The number of likely N-dealkylation sites (tertiary alicyclic amines) is 1. The van der Waals surface area contributed by atoms with E-state index < -0.39 is 0 Å². The molecule has 17 heavy (non-hydrogen) atoms. The van der Waals surface area contributed by atoms with E-state index in [2.05, 4.69) is 24.2 Å². The molecule has 2 rings (SSSR count). The van der Waals surface area contributed by atoms with Crippen LogP contribution in [0, 0.1) is 0 Å². The van der Waals surface area contributed by atoms with Crippen molar-refractivity contribution in [2.75, 3.05) is 20.1 Å². The topological polar surface area (TPSA) is 15.3 Å². The fourth-order valence-electron chi connectivity index (χ4n) is 4.18. The zero-order valence-corrected chi connectivity index (χ0v) is 11.8. The van der Waals surface area contributed by atoms with Gasteiger partial charge in [0, 0.05) is 11.6 Å². The van der Waals surface area contributed by atoms with Gasteiger partial charge in [-0.3, -0.25) is 4.90 Å². The molecule has 1 saturated carbocycles. The van der Waals surface area contributed by atoms with Gasteiger partial charge in [0.05, 0.1) is 0 Å². The fraction of sp³-hybridized carbons (Fsp3) is 1.00. The highest BCUT2D eigenvalue weighted by molar-refractivity contribution is 5.03. The number of likely N-dealkylation sites (N-methyl/N-ethyl adjacent to an activating group) is 1. The van der Waals surface area contributed by atoms with Crippen molar-refractivity contribution in [1.29, 1.82) is 0 Å². The Morgan fingerprint density at radius 2 is 1.71 bits per heavy atom. The highest BCUT2D eigenvalue weighted by Crippen LogP contribution is 2.40. The Kier molecular flexibility index (Phi) is 4.87. The normalized spacial score (nSPS) is 27.2. The first-order valence-corrected chi connectivity index (χ1v) is 7.76. The third-order valence-electron chi connectivity index (χ3n) is 5.03. The zero-order chi connectivity index (χ0) is 12.1.